The van der Waals surface area contributed by atoms with Gasteiger partial charge in [0.25, 0.3) is 0 Å². The van der Waals surface area contributed by atoms with Crippen LogP contribution in [0.2, 0.25) is 0 Å². The summed E-state index contributed by atoms with van der Waals surface area (Å²) in [6, 6.07) is 12.3. The molecule has 0 fully saturated rings. The molecule has 0 amide bonds. The van der Waals surface area contributed by atoms with Crippen molar-refractivity contribution in [2.75, 3.05) is 18.0 Å². The Kier molecular flexibility index (Phi) is 4.81. The highest BCUT2D eigenvalue weighted by molar-refractivity contribution is 5.85. The molecule has 0 aliphatic carbocycles. The van der Waals surface area contributed by atoms with E-state index in [0.717, 1.165) is 41.6 Å². The Morgan fingerprint density at radius 3 is 2.48 bits per heavy atom. The highest BCUT2D eigenvalue weighted by atomic mass is 35.5. The van der Waals surface area contributed by atoms with Crippen LogP contribution >= 0.6 is 12.4 Å². The molecule has 2 heterocycles. The number of hydrogen-bond donors (Lipinski definition) is 1. The SMILES string of the molecule is CCN(CC)c1nc[nH]c2cc(-c3ccccc3)nc1-2.Cl. The third-order valence-electron chi connectivity index (χ3n) is 3.52. The molecular formula is C16H19ClN4. The van der Waals surface area contributed by atoms with Gasteiger partial charge >= 0.3 is 0 Å². The first-order valence-corrected chi connectivity index (χ1v) is 6.98. The number of anilines is 1. The van der Waals surface area contributed by atoms with E-state index in [2.05, 4.69) is 46.9 Å². The molecule has 5 heteroatoms. The van der Waals surface area contributed by atoms with Crippen LogP contribution in [-0.4, -0.2) is 28.0 Å². The first-order chi connectivity index (χ1) is 9.83. The van der Waals surface area contributed by atoms with Crippen molar-refractivity contribution in [3.63, 3.8) is 0 Å². The van der Waals surface area contributed by atoms with Crippen molar-refractivity contribution in [3.8, 4) is 22.6 Å². The largest absolute Gasteiger partial charge is 0.355 e. The minimum Gasteiger partial charge on any atom is -0.355 e. The second-order valence-electron chi connectivity index (χ2n) is 4.67. The van der Waals surface area contributed by atoms with Crippen molar-refractivity contribution in [1.29, 1.82) is 0 Å². The lowest BCUT2D eigenvalue weighted by molar-refractivity contribution is 0.840. The Morgan fingerprint density at radius 2 is 1.81 bits per heavy atom. The lowest BCUT2D eigenvalue weighted by Gasteiger charge is -2.21. The fourth-order valence-corrected chi connectivity index (χ4v) is 2.43. The Bertz CT molecular complexity index is 661. The van der Waals surface area contributed by atoms with E-state index in [0.29, 0.717) is 0 Å². The maximum absolute atomic E-state index is 4.76. The lowest BCUT2D eigenvalue weighted by atomic mass is 10.1. The van der Waals surface area contributed by atoms with Crippen LogP contribution in [0, 0.1) is 0 Å². The van der Waals surface area contributed by atoms with Gasteiger partial charge in [-0.05, 0) is 19.9 Å². The number of nitrogens with one attached hydrogen (secondary N) is 1. The number of fused-ring (bicyclic) bond motifs is 1. The van der Waals surface area contributed by atoms with E-state index in [-0.39, 0.29) is 12.4 Å². The van der Waals surface area contributed by atoms with Gasteiger partial charge < -0.3 is 9.88 Å². The molecule has 0 saturated carbocycles. The van der Waals surface area contributed by atoms with Crippen LogP contribution < -0.4 is 4.90 Å². The predicted molar refractivity (Wildman–Crippen MR) is 89.2 cm³/mol. The molecular weight excluding hydrogens is 284 g/mol. The average molecular weight is 303 g/mol. The number of aromatic amines is 1. The van der Waals surface area contributed by atoms with Crippen molar-refractivity contribution in [1.82, 2.24) is 15.0 Å². The molecule has 1 aromatic rings. The van der Waals surface area contributed by atoms with Gasteiger partial charge in [0, 0.05) is 18.7 Å². The topological polar surface area (TPSA) is 44.8 Å². The number of H-pyrrole nitrogens is 1. The summed E-state index contributed by atoms with van der Waals surface area (Å²) in [5.41, 5.74) is 4.08. The number of halogens is 1. The summed E-state index contributed by atoms with van der Waals surface area (Å²) in [5.74, 6) is 0.950. The molecule has 21 heavy (non-hydrogen) atoms. The summed E-state index contributed by atoms with van der Waals surface area (Å²) < 4.78 is 0. The summed E-state index contributed by atoms with van der Waals surface area (Å²) in [7, 11) is 0. The van der Waals surface area contributed by atoms with Gasteiger partial charge in [-0.1, -0.05) is 30.3 Å². The normalized spacial score (nSPS) is 10.4. The van der Waals surface area contributed by atoms with Crippen LogP contribution in [0.3, 0.4) is 0 Å². The summed E-state index contributed by atoms with van der Waals surface area (Å²) in [4.78, 5) is 14.6. The van der Waals surface area contributed by atoms with Gasteiger partial charge in [-0.2, -0.15) is 0 Å². The van der Waals surface area contributed by atoms with Gasteiger partial charge in [-0.25, -0.2) is 9.97 Å². The van der Waals surface area contributed by atoms with E-state index in [1.54, 1.807) is 6.33 Å². The molecule has 0 radical (unpaired) electrons. The average Bonchev–Trinajstić information content (AvgIpc) is 2.94. The molecule has 4 nitrogen and oxygen atoms in total. The minimum atomic E-state index is 0. The first kappa shape index (κ1) is 15.3. The van der Waals surface area contributed by atoms with Crippen LogP contribution in [0.5, 0.6) is 0 Å². The fourth-order valence-electron chi connectivity index (χ4n) is 2.43. The number of nitrogens with zero attached hydrogens (tertiary/aromatic N) is 3. The summed E-state index contributed by atoms with van der Waals surface area (Å²) in [5, 5.41) is 0. The maximum atomic E-state index is 4.76. The monoisotopic (exact) mass is 302 g/mol. The van der Waals surface area contributed by atoms with Crippen molar-refractivity contribution in [2.24, 2.45) is 0 Å². The molecule has 2 aliphatic rings. The maximum Gasteiger partial charge on any atom is 0.158 e. The van der Waals surface area contributed by atoms with Crippen molar-refractivity contribution in [2.45, 2.75) is 13.8 Å². The number of aromatic nitrogens is 3. The molecule has 2 aliphatic heterocycles. The van der Waals surface area contributed by atoms with Crippen LogP contribution in [-0.2, 0) is 0 Å². The van der Waals surface area contributed by atoms with Gasteiger partial charge in [-0.15, -0.1) is 12.4 Å². The molecule has 0 aromatic heterocycles. The fraction of sp³-hybridized carbons (Fsp3) is 0.250. The van der Waals surface area contributed by atoms with E-state index in [9.17, 15) is 0 Å². The van der Waals surface area contributed by atoms with E-state index in [1.807, 2.05) is 18.2 Å². The Balaban J connectivity index is 0.00000161. The zero-order valence-electron chi connectivity index (χ0n) is 12.2. The highest BCUT2D eigenvalue weighted by Crippen LogP contribution is 2.32. The number of benzene rings is 1. The van der Waals surface area contributed by atoms with Crippen molar-refractivity contribution in [3.05, 3.63) is 42.7 Å². The highest BCUT2D eigenvalue weighted by Gasteiger charge is 2.18. The summed E-state index contributed by atoms with van der Waals surface area (Å²) >= 11 is 0. The van der Waals surface area contributed by atoms with Crippen molar-refractivity contribution < 1.29 is 0 Å². The molecule has 0 saturated heterocycles. The third kappa shape index (κ3) is 2.85. The molecule has 1 N–H and O–H groups in total. The molecule has 1 aromatic carbocycles. The summed E-state index contributed by atoms with van der Waals surface area (Å²) in [6.07, 6.45) is 1.74. The third-order valence-corrected chi connectivity index (χ3v) is 3.52. The van der Waals surface area contributed by atoms with Gasteiger partial charge in [0.15, 0.2) is 5.82 Å². The zero-order valence-corrected chi connectivity index (χ0v) is 13.0. The minimum absolute atomic E-state index is 0. The van der Waals surface area contributed by atoms with Gasteiger partial charge in [-0.3, -0.25) is 0 Å². The van der Waals surface area contributed by atoms with E-state index < -0.39 is 0 Å². The molecule has 0 unspecified atom stereocenters. The molecule has 3 rings (SSSR count). The summed E-state index contributed by atoms with van der Waals surface area (Å²) in [6.45, 7) is 6.12. The van der Waals surface area contributed by atoms with Crippen LogP contribution in [0.15, 0.2) is 42.7 Å². The first-order valence-electron chi connectivity index (χ1n) is 6.98. The van der Waals surface area contributed by atoms with E-state index in [4.69, 9.17) is 4.98 Å². The lowest BCUT2D eigenvalue weighted by Crippen LogP contribution is -2.24. The second-order valence-corrected chi connectivity index (χ2v) is 4.67. The Labute approximate surface area is 131 Å². The zero-order chi connectivity index (χ0) is 13.9. The van der Waals surface area contributed by atoms with Gasteiger partial charge in [0.1, 0.15) is 5.69 Å². The standard InChI is InChI=1S/C16H18N4.ClH/c1-3-20(4-2)16-15-14(17-11-18-16)10-13(19-15)12-8-6-5-7-9-12;/h5-11H,3-4H2,1-2H3,(H,17,18);1H. The predicted octanol–water partition coefficient (Wildman–Crippen LogP) is 3.84. The molecule has 110 valence electrons. The number of rotatable bonds is 4. The quantitative estimate of drug-likeness (QED) is 0.796. The van der Waals surface area contributed by atoms with Crippen molar-refractivity contribution >= 4 is 18.2 Å². The van der Waals surface area contributed by atoms with Crippen LogP contribution in [0.1, 0.15) is 13.8 Å². The smallest absolute Gasteiger partial charge is 0.158 e. The van der Waals surface area contributed by atoms with E-state index in [1.165, 1.54) is 0 Å². The van der Waals surface area contributed by atoms with E-state index >= 15 is 0 Å². The Morgan fingerprint density at radius 1 is 1.10 bits per heavy atom. The second kappa shape index (κ2) is 6.59. The molecule has 0 spiro atoms. The number of hydrogen-bond acceptors (Lipinski definition) is 3. The van der Waals surface area contributed by atoms with Crippen LogP contribution in [0.25, 0.3) is 22.6 Å². The molecule has 0 bridgehead atoms. The van der Waals surface area contributed by atoms with Gasteiger partial charge in [0.05, 0.1) is 17.7 Å². The molecule has 0 atom stereocenters. The van der Waals surface area contributed by atoms with Gasteiger partial charge in [0.2, 0.25) is 0 Å². The Hall–Kier alpha value is -2.07. The van der Waals surface area contributed by atoms with Crippen LogP contribution in [0.4, 0.5) is 5.82 Å².